The van der Waals surface area contributed by atoms with E-state index in [9.17, 15) is 19.4 Å². The summed E-state index contributed by atoms with van der Waals surface area (Å²) in [4.78, 5) is 24.0. The Balaban J connectivity index is 3.92. The predicted molar refractivity (Wildman–Crippen MR) is 164 cm³/mol. The number of carbonyl (C=O) groups is 1. The zero-order chi connectivity index (χ0) is 30.1. The summed E-state index contributed by atoms with van der Waals surface area (Å²) in [6.07, 6.45) is 23.2. The molecule has 0 aromatic carbocycles. The maximum Gasteiger partial charge on any atom is 0.268 e. The minimum atomic E-state index is -4.51. The highest BCUT2D eigenvalue weighted by atomic mass is 31.2. The molecule has 0 bridgehead atoms. The summed E-state index contributed by atoms with van der Waals surface area (Å²) in [6, 6.07) is -0.789. The van der Waals surface area contributed by atoms with Gasteiger partial charge in [0.05, 0.1) is 39.9 Å². The zero-order valence-electron chi connectivity index (χ0n) is 26.8. The maximum absolute atomic E-state index is 12.1. The second kappa shape index (κ2) is 25.0. The number of phosphoric ester groups is 1. The molecule has 0 aliphatic rings. The first-order valence-electron chi connectivity index (χ1n) is 16.4. The van der Waals surface area contributed by atoms with E-state index in [2.05, 4.69) is 12.2 Å². The van der Waals surface area contributed by atoms with Crippen LogP contribution in [0.3, 0.4) is 0 Å². The number of likely N-dealkylation sites (N-methyl/N-ethyl adjacent to an activating group) is 1. The monoisotopic (exact) mass is 592 g/mol. The fraction of sp³-hybridized carbons (Fsp3) is 0.968. The van der Waals surface area contributed by atoms with Gasteiger partial charge in [0.15, 0.2) is 0 Å². The number of nitrogens with one attached hydrogen (secondary N) is 1. The van der Waals surface area contributed by atoms with Crippen LogP contribution in [-0.2, 0) is 18.4 Å². The van der Waals surface area contributed by atoms with E-state index in [0.29, 0.717) is 17.4 Å². The molecule has 2 N–H and O–H groups in total. The minimum Gasteiger partial charge on any atom is -0.756 e. The molecule has 40 heavy (non-hydrogen) atoms. The van der Waals surface area contributed by atoms with Crippen LogP contribution in [0.1, 0.15) is 142 Å². The number of phosphoric acid groups is 1. The Kier molecular flexibility index (Phi) is 24.7. The van der Waals surface area contributed by atoms with Crippen molar-refractivity contribution in [3.05, 3.63) is 0 Å². The van der Waals surface area contributed by atoms with Gasteiger partial charge >= 0.3 is 0 Å². The average Bonchev–Trinajstić information content (AvgIpc) is 2.89. The molecule has 0 aromatic heterocycles. The number of quaternary nitrogens is 1. The van der Waals surface area contributed by atoms with Crippen molar-refractivity contribution in [1.82, 2.24) is 5.32 Å². The number of carbonyl (C=O) groups excluding carboxylic acids is 1. The van der Waals surface area contributed by atoms with Gasteiger partial charge in [0.2, 0.25) is 5.91 Å². The number of aliphatic hydroxyl groups excluding tert-OH is 1. The fourth-order valence-corrected chi connectivity index (χ4v) is 5.37. The van der Waals surface area contributed by atoms with Crippen LogP contribution in [0.25, 0.3) is 0 Å². The van der Waals surface area contributed by atoms with E-state index in [4.69, 9.17) is 9.05 Å². The average molecular weight is 593 g/mol. The third-order valence-electron chi connectivity index (χ3n) is 7.41. The Hall–Kier alpha value is -0.500. The van der Waals surface area contributed by atoms with E-state index in [0.717, 1.165) is 19.3 Å². The van der Waals surface area contributed by atoms with E-state index in [-0.39, 0.29) is 25.5 Å². The highest BCUT2D eigenvalue weighted by Gasteiger charge is 2.24. The van der Waals surface area contributed by atoms with Gasteiger partial charge < -0.3 is 28.8 Å². The van der Waals surface area contributed by atoms with Gasteiger partial charge in [-0.05, 0) is 6.42 Å². The number of unbranched alkanes of at least 4 members (excludes halogenated alkanes) is 17. The van der Waals surface area contributed by atoms with Crippen molar-refractivity contribution >= 4 is 13.7 Å². The second-order valence-electron chi connectivity index (χ2n) is 12.5. The Morgan fingerprint density at radius 2 is 1.20 bits per heavy atom. The second-order valence-corrected chi connectivity index (χ2v) is 13.9. The molecule has 0 aliphatic carbocycles. The molecule has 0 rings (SSSR count). The molecule has 0 aliphatic heterocycles. The first-order valence-corrected chi connectivity index (χ1v) is 17.8. The predicted octanol–water partition coefficient (Wildman–Crippen LogP) is 6.88. The van der Waals surface area contributed by atoms with Crippen molar-refractivity contribution in [2.24, 2.45) is 0 Å². The third-order valence-corrected chi connectivity index (χ3v) is 8.37. The molecule has 0 saturated carbocycles. The fourth-order valence-electron chi connectivity index (χ4n) is 4.65. The third kappa shape index (κ3) is 26.4. The van der Waals surface area contributed by atoms with Crippen molar-refractivity contribution in [3.8, 4) is 0 Å². The van der Waals surface area contributed by atoms with Crippen molar-refractivity contribution in [3.63, 3.8) is 0 Å². The van der Waals surface area contributed by atoms with Crippen LogP contribution in [0, 0.1) is 0 Å². The zero-order valence-corrected chi connectivity index (χ0v) is 27.7. The molecule has 0 heterocycles. The van der Waals surface area contributed by atoms with E-state index in [1.54, 1.807) is 6.92 Å². The molecule has 0 fully saturated rings. The smallest absolute Gasteiger partial charge is 0.268 e. The van der Waals surface area contributed by atoms with Crippen LogP contribution < -0.4 is 10.2 Å². The Morgan fingerprint density at radius 1 is 0.775 bits per heavy atom. The van der Waals surface area contributed by atoms with Crippen LogP contribution in [-0.4, -0.2) is 68.5 Å². The van der Waals surface area contributed by atoms with Crippen LogP contribution >= 0.6 is 7.82 Å². The topological polar surface area (TPSA) is 108 Å². The van der Waals surface area contributed by atoms with Crippen molar-refractivity contribution < 1.29 is 32.9 Å². The molecule has 0 aromatic rings. The van der Waals surface area contributed by atoms with Gasteiger partial charge in [0.1, 0.15) is 13.2 Å². The molecule has 8 nitrogen and oxygen atoms in total. The number of aliphatic hydroxyl groups is 1. The van der Waals surface area contributed by atoms with Gasteiger partial charge in [-0.3, -0.25) is 9.36 Å². The number of hydrogen-bond donors (Lipinski definition) is 2. The summed E-state index contributed by atoms with van der Waals surface area (Å²) in [7, 11) is 1.30. The van der Waals surface area contributed by atoms with Crippen LogP contribution in [0.5, 0.6) is 0 Å². The van der Waals surface area contributed by atoms with Gasteiger partial charge in [-0.2, -0.15) is 0 Å². The van der Waals surface area contributed by atoms with Gasteiger partial charge in [0, 0.05) is 6.42 Å². The first kappa shape index (κ1) is 39.5. The molecule has 0 spiro atoms. The lowest BCUT2D eigenvalue weighted by molar-refractivity contribution is -0.870. The Morgan fingerprint density at radius 3 is 1.60 bits per heavy atom. The van der Waals surface area contributed by atoms with E-state index in [1.807, 2.05) is 21.1 Å². The van der Waals surface area contributed by atoms with E-state index < -0.39 is 20.0 Å². The number of nitrogens with zero attached hydrogens (tertiary/aromatic N) is 1. The highest BCUT2D eigenvalue weighted by molar-refractivity contribution is 7.45. The number of amides is 1. The molecular weight excluding hydrogens is 527 g/mol. The van der Waals surface area contributed by atoms with Crippen molar-refractivity contribution in [1.29, 1.82) is 0 Å². The van der Waals surface area contributed by atoms with Crippen molar-refractivity contribution in [2.45, 2.75) is 154 Å². The van der Waals surface area contributed by atoms with Gasteiger partial charge in [0.25, 0.3) is 7.82 Å². The highest BCUT2D eigenvalue weighted by Crippen LogP contribution is 2.38. The lowest BCUT2D eigenvalue weighted by Crippen LogP contribution is -2.46. The summed E-state index contributed by atoms with van der Waals surface area (Å²) in [5.41, 5.74) is 0. The molecule has 0 radical (unpaired) electrons. The SMILES string of the molecule is CCCCCCCCCCCCCCCCCCCCC(O)C(COP(=O)([O-])OCC[N+](C)(C)C)NC(=O)CC. The molecule has 0 saturated heterocycles. The van der Waals surface area contributed by atoms with Crippen LogP contribution in [0.15, 0.2) is 0 Å². The molecule has 1 amide bonds. The van der Waals surface area contributed by atoms with Crippen LogP contribution in [0.4, 0.5) is 0 Å². The quantitative estimate of drug-likeness (QED) is 0.0557. The summed E-state index contributed by atoms with van der Waals surface area (Å²) in [5.74, 6) is -0.253. The largest absolute Gasteiger partial charge is 0.756 e. The maximum atomic E-state index is 12.1. The first-order chi connectivity index (χ1) is 19.0. The van der Waals surface area contributed by atoms with Gasteiger partial charge in [-0.1, -0.05) is 129 Å². The minimum absolute atomic E-state index is 0.0120. The summed E-state index contributed by atoms with van der Waals surface area (Å²) >= 11 is 0. The Bertz CT molecular complexity index is 644. The Labute approximate surface area is 247 Å². The van der Waals surface area contributed by atoms with E-state index in [1.165, 1.54) is 96.3 Å². The molecule has 240 valence electrons. The lowest BCUT2D eigenvalue weighted by Gasteiger charge is -2.30. The van der Waals surface area contributed by atoms with Gasteiger partial charge in [-0.15, -0.1) is 0 Å². The normalized spacial score (nSPS) is 15.1. The summed E-state index contributed by atoms with van der Waals surface area (Å²) in [6.45, 7) is 4.17. The molecule has 9 heteroatoms. The number of rotatable bonds is 29. The van der Waals surface area contributed by atoms with E-state index >= 15 is 0 Å². The lowest BCUT2D eigenvalue weighted by atomic mass is 10.0. The van der Waals surface area contributed by atoms with Crippen LogP contribution in [0.2, 0.25) is 0 Å². The van der Waals surface area contributed by atoms with Crippen molar-refractivity contribution in [2.75, 3.05) is 40.9 Å². The molecule has 3 unspecified atom stereocenters. The summed E-state index contributed by atoms with van der Waals surface area (Å²) in [5, 5.41) is 13.3. The van der Waals surface area contributed by atoms with Gasteiger partial charge in [-0.25, -0.2) is 0 Å². The molecular formula is C31H65N2O6P. The standard InChI is InChI=1S/C31H65N2O6P/c1-6-8-9-10-11-12-13-14-15-16-17-18-19-20-21-22-23-24-25-30(34)29(32-31(35)7-2)28-39-40(36,37)38-27-26-33(3,4)5/h29-30,34H,6-28H2,1-5H3,(H-,32,35,36,37). The summed E-state index contributed by atoms with van der Waals surface area (Å²) < 4.78 is 22.6. The number of hydrogen-bond acceptors (Lipinski definition) is 6. The molecule has 3 atom stereocenters.